The zero-order chi connectivity index (χ0) is 32.0. The van der Waals surface area contributed by atoms with E-state index in [0.29, 0.717) is 0 Å². The maximum Gasteiger partial charge on any atom is 0.481 e. The Morgan fingerprint density at radius 1 is 1.02 bits per heavy atom. The number of H-pyrrole nitrogens is 1. The van der Waals surface area contributed by atoms with Crippen molar-refractivity contribution in [2.75, 3.05) is 13.2 Å². The second-order valence-corrected chi connectivity index (χ2v) is 12.8. The molecule has 0 aliphatic carbocycles. The summed E-state index contributed by atoms with van der Waals surface area (Å²) >= 11 is 0. The van der Waals surface area contributed by atoms with Gasteiger partial charge in [-0.1, -0.05) is 0 Å². The maximum absolute atomic E-state index is 12.4. The molecule has 0 bridgehead atoms. The molecule has 0 spiro atoms. The largest absolute Gasteiger partial charge is 0.481 e. The average Bonchev–Trinajstić information content (AvgIpc) is 3.61. The van der Waals surface area contributed by atoms with Crippen molar-refractivity contribution in [1.29, 1.82) is 0 Å². The number of rotatable bonds is 11. The van der Waals surface area contributed by atoms with E-state index in [1.54, 1.807) is 0 Å². The van der Waals surface area contributed by atoms with Crippen LogP contribution in [0, 0.1) is 0 Å². The highest BCUT2D eigenvalue weighted by Crippen LogP contribution is 2.60. The normalized spacial score (nSPS) is 31.6. The van der Waals surface area contributed by atoms with E-state index in [1.807, 2.05) is 0 Å². The number of carbonyl (C=O) groups excluding carboxylic acids is 1. The molecule has 3 aromatic heterocycles. The molecule has 0 saturated carbocycles. The highest BCUT2D eigenvalue weighted by Gasteiger charge is 2.50. The van der Waals surface area contributed by atoms with Crippen LogP contribution in [-0.2, 0) is 32.0 Å². The number of phosphoric ester groups is 2. The van der Waals surface area contributed by atoms with Gasteiger partial charge in [0.15, 0.2) is 24.7 Å². The van der Waals surface area contributed by atoms with Crippen LogP contribution in [0.2, 0.25) is 0 Å². The number of hydrogen-bond donors (Lipinski definition) is 8. The predicted octanol–water partition coefficient (Wildman–Crippen LogP) is -2.70. The van der Waals surface area contributed by atoms with E-state index < -0.39 is 89.4 Å². The molecule has 0 aromatic carbocycles. The van der Waals surface area contributed by atoms with Crippen molar-refractivity contribution >= 4 is 32.6 Å². The fourth-order valence-corrected chi connectivity index (χ4v) is 6.80. The molecule has 3 aromatic rings. The van der Waals surface area contributed by atoms with Gasteiger partial charge in [0.2, 0.25) is 0 Å². The third-order valence-electron chi connectivity index (χ3n) is 6.87. The number of aliphatic hydroxyl groups is 4. The fraction of sp³-hybridized carbons (Fsp3) is 0.455. The number of aromatic nitrogens is 4. The molecule has 240 valence electrons. The second kappa shape index (κ2) is 12.5. The van der Waals surface area contributed by atoms with Crippen LogP contribution in [0.5, 0.6) is 0 Å². The first kappa shape index (κ1) is 32.5. The Morgan fingerprint density at radius 3 is 2.32 bits per heavy atom. The van der Waals surface area contributed by atoms with Crippen molar-refractivity contribution in [3.8, 4) is 0 Å². The lowest BCUT2D eigenvalue weighted by Gasteiger charge is -2.20. The Morgan fingerprint density at radius 2 is 1.66 bits per heavy atom. The zero-order valence-corrected chi connectivity index (χ0v) is 24.0. The summed E-state index contributed by atoms with van der Waals surface area (Å²) in [6.07, 6.45) is -6.78. The zero-order valence-electron chi connectivity index (χ0n) is 22.2. The quantitative estimate of drug-likeness (QED) is 0.0764. The number of hydrogen-bond acceptors (Lipinski definition) is 14. The first-order chi connectivity index (χ1) is 20.7. The molecule has 20 nitrogen and oxygen atoms in total. The number of carbonyl (C=O) groups is 1. The van der Waals surface area contributed by atoms with Crippen molar-refractivity contribution in [1.82, 2.24) is 14.5 Å². The van der Waals surface area contributed by atoms with Gasteiger partial charge in [0, 0.05) is 12.3 Å². The molecule has 2 saturated heterocycles. The molecule has 9 N–H and O–H groups in total. The molecule has 22 heteroatoms. The number of amides is 1. The van der Waals surface area contributed by atoms with Gasteiger partial charge in [0.05, 0.1) is 24.9 Å². The monoisotopic (exact) mass is 664 g/mol. The molecule has 10 atom stereocenters. The lowest BCUT2D eigenvalue weighted by molar-refractivity contribution is -0.765. The van der Waals surface area contributed by atoms with Gasteiger partial charge in [0.25, 0.3) is 17.7 Å². The number of primary amides is 1. The summed E-state index contributed by atoms with van der Waals surface area (Å²) in [5.74, 6) is -0.768. The van der Waals surface area contributed by atoms with Crippen LogP contribution in [0.15, 0.2) is 47.9 Å². The Bertz CT molecular complexity index is 1680. The summed E-state index contributed by atoms with van der Waals surface area (Å²) in [5, 5.41) is 41.8. The van der Waals surface area contributed by atoms with E-state index in [0.717, 1.165) is 6.33 Å². The average molecular weight is 664 g/mol. The molecule has 44 heavy (non-hydrogen) atoms. The summed E-state index contributed by atoms with van der Waals surface area (Å²) in [6, 6.07) is 4.23. The number of phosphoric acid groups is 2. The molecule has 5 rings (SSSR count). The molecule has 2 unspecified atom stereocenters. The van der Waals surface area contributed by atoms with E-state index in [2.05, 4.69) is 18.8 Å². The highest BCUT2D eigenvalue weighted by atomic mass is 31.3. The topological polar surface area (TPSA) is 299 Å². The minimum absolute atomic E-state index is 0.0665. The molecule has 2 aliphatic heterocycles. The highest BCUT2D eigenvalue weighted by molar-refractivity contribution is 7.61. The van der Waals surface area contributed by atoms with Gasteiger partial charge < -0.3 is 55.0 Å². The van der Waals surface area contributed by atoms with Gasteiger partial charge in [-0.05, 0) is 12.1 Å². The third kappa shape index (κ3) is 6.68. The van der Waals surface area contributed by atoms with Crippen LogP contribution in [0.4, 0.5) is 0 Å². The Kier molecular flexibility index (Phi) is 9.18. The van der Waals surface area contributed by atoms with E-state index in [9.17, 15) is 48.9 Å². The SMILES string of the molecule is NC(=O)c1ccc[n+]([C@H]2O[C@@H](COP(=O)(O)OP(=O)(O)OC[C@H]3O[C@@H](n4ccc5c(=O)[nH]cnc54)[C@H](O)[C@@H]3O)[C@H](O)[C@@H]2O)c1. The van der Waals surface area contributed by atoms with Gasteiger partial charge in [-0.15, -0.1) is 0 Å². The minimum atomic E-state index is -5.38. The van der Waals surface area contributed by atoms with Crippen LogP contribution in [0.25, 0.3) is 11.0 Å². The lowest BCUT2D eigenvalue weighted by Crippen LogP contribution is -2.46. The third-order valence-corrected chi connectivity index (χ3v) is 9.48. The molecule has 1 amide bonds. The summed E-state index contributed by atoms with van der Waals surface area (Å²) in [7, 11) is -10.8. The predicted molar refractivity (Wildman–Crippen MR) is 140 cm³/mol. The van der Waals surface area contributed by atoms with E-state index in [4.69, 9.17) is 19.7 Å². The van der Waals surface area contributed by atoms with E-state index >= 15 is 0 Å². The van der Waals surface area contributed by atoms with E-state index in [1.165, 1.54) is 45.9 Å². The number of ether oxygens (including phenoxy) is 2. The molecule has 2 fully saturated rings. The molecular formula is C22H28N5O15P2+. The summed E-state index contributed by atoms with van der Waals surface area (Å²) in [4.78, 5) is 49.8. The van der Waals surface area contributed by atoms with Crippen LogP contribution in [-0.4, -0.2) is 100 Å². The van der Waals surface area contributed by atoms with Gasteiger partial charge in [-0.2, -0.15) is 8.88 Å². The van der Waals surface area contributed by atoms with Crippen molar-refractivity contribution in [2.45, 2.75) is 49.1 Å². The van der Waals surface area contributed by atoms with Crippen molar-refractivity contribution in [3.05, 3.63) is 59.0 Å². The van der Waals surface area contributed by atoms with Gasteiger partial charge in [0.1, 0.15) is 41.7 Å². The van der Waals surface area contributed by atoms with Crippen LogP contribution in [0.3, 0.4) is 0 Å². The minimum Gasteiger partial charge on any atom is -0.387 e. The van der Waals surface area contributed by atoms with Crippen LogP contribution in [0.1, 0.15) is 22.8 Å². The number of pyridine rings is 1. The Labute approximate surface area is 246 Å². The van der Waals surface area contributed by atoms with Crippen LogP contribution >= 0.6 is 15.6 Å². The Balaban J connectivity index is 1.16. The van der Waals surface area contributed by atoms with Crippen LogP contribution < -0.4 is 15.9 Å². The summed E-state index contributed by atoms with van der Waals surface area (Å²) in [5.41, 5.74) is 4.96. The Hall–Kier alpha value is -2.94. The smallest absolute Gasteiger partial charge is 0.387 e. The number of aliphatic hydroxyl groups excluding tert-OH is 4. The van der Waals surface area contributed by atoms with E-state index in [-0.39, 0.29) is 16.6 Å². The molecule has 5 heterocycles. The number of nitrogens with one attached hydrogen (secondary N) is 1. The molecular weight excluding hydrogens is 636 g/mol. The standard InChI is InChI=1S/C22H27N5O15P2/c23-18(32)10-2-1-4-26(6-10)21-16(30)14(28)12(40-21)7-38-43(34,35)42-44(36,37)39-8-13-15(29)17(31)22(41-13)27-5-3-11-19(27)24-9-25-20(11)33/h1-6,9,12-17,21-22,28-31H,7-8H2,(H4-,23,24,25,32,33,34,35,36,37)/p+1/t12-,13+,14-,15+,16-,17+,21-,22+/m0/s1. The summed E-state index contributed by atoms with van der Waals surface area (Å²) in [6.45, 7) is -1.81. The molecule has 2 aliphatic rings. The van der Waals surface area contributed by atoms with Crippen molar-refractivity contribution in [2.24, 2.45) is 5.73 Å². The first-order valence-electron chi connectivity index (χ1n) is 12.7. The number of aromatic amines is 1. The fourth-order valence-electron chi connectivity index (χ4n) is 4.71. The second-order valence-electron chi connectivity index (χ2n) is 9.80. The lowest BCUT2D eigenvalue weighted by atomic mass is 10.1. The summed E-state index contributed by atoms with van der Waals surface area (Å²) < 4.78 is 52.0. The first-order valence-corrected chi connectivity index (χ1v) is 15.7. The number of nitrogens with zero attached hydrogens (tertiary/aromatic N) is 3. The van der Waals surface area contributed by atoms with Gasteiger partial charge >= 0.3 is 15.6 Å². The maximum atomic E-state index is 12.4. The van der Waals surface area contributed by atoms with Gasteiger partial charge in [-0.25, -0.2) is 14.1 Å². The van der Waals surface area contributed by atoms with Crippen molar-refractivity contribution in [3.63, 3.8) is 0 Å². The molecule has 0 radical (unpaired) electrons. The number of fused-ring (bicyclic) bond motifs is 1. The van der Waals surface area contributed by atoms with Gasteiger partial charge in [-0.3, -0.25) is 18.6 Å². The van der Waals surface area contributed by atoms with Crippen molar-refractivity contribution < 1.29 is 71.5 Å². The number of nitrogens with two attached hydrogens (primary N) is 1.